The molecule has 0 fully saturated rings. The second-order valence-electron chi connectivity index (χ2n) is 6.62. The summed E-state index contributed by atoms with van der Waals surface area (Å²) in [6.45, 7) is 0.0995. The molecule has 32 heavy (non-hydrogen) atoms. The fourth-order valence-electron chi connectivity index (χ4n) is 2.48. The van der Waals surface area contributed by atoms with Gasteiger partial charge in [-0.05, 0) is 70.2 Å². The highest BCUT2D eigenvalue weighted by Gasteiger charge is 2.81. The van der Waals surface area contributed by atoms with Gasteiger partial charge in [0, 0.05) is 6.42 Å². The van der Waals surface area contributed by atoms with Gasteiger partial charge in [-0.25, -0.2) is 4.79 Å². The van der Waals surface area contributed by atoms with Gasteiger partial charge in [-0.3, -0.25) is 0 Å². The number of benzene rings is 1. The molecule has 0 atom stereocenters. The predicted octanol–water partition coefficient (Wildman–Crippen LogP) is 7.48. The van der Waals surface area contributed by atoms with Gasteiger partial charge >= 0.3 is 29.9 Å². The first-order valence-corrected chi connectivity index (χ1v) is 11.1. The molecule has 0 unspecified atom stereocenters. The number of halogens is 11. The van der Waals surface area contributed by atoms with Gasteiger partial charge < -0.3 is 9.47 Å². The summed E-state index contributed by atoms with van der Waals surface area (Å²) in [5.41, 5.74) is 0.308. The monoisotopic (exact) mass is 706 g/mol. The molecule has 184 valence electrons. The largest absolute Gasteiger partial charge is 0.491 e. The third-order valence-electron chi connectivity index (χ3n) is 4.26. The van der Waals surface area contributed by atoms with Gasteiger partial charge in [-0.15, -0.1) is 0 Å². The van der Waals surface area contributed by atoms with Crippen LogP contribution in [0.25, 0.3) is 0 Å². The summed E-state index contributed by atoms with van der Waals surface area (Å²) in [7, 11) is 1.23. The minimum atomic E-state index is -6.85. The summed E-state index contributed by atoms with van der Waals surface area (Å²) in [4.78, 5) is 11.6. The van der Waals surface area contributed by atoms with Crippen LogP contribution in [0.1, 0.15) is 42.5 Å². The average molecular weight is 706 g/mol. The van der Waals surface area contributed by atoms with Crippen LogP contribution < -0.4 is 4.74 Å². The molecule has 0 saturated heterocycles. The predicted molar refractivity (Wildman–Crippen MR) is 113 cm³/mol. The van der Waals surface area contributed by atoms with Crippen molar-refractivity contribution in [3.8, 4) is 5.75 Å². The molecule has 0 aliphatic heterocycles. The van der Waals surface area contributed by atoms with Crippen LogP contribution in [0, 0.1) is 7.14 Å². The molecule has 14 heteroatoms. The smallest absolute Gasteiger partial charge is 0.460 e. The second kappa shape index (κ2) is 11.2. The number of carbonyl (C=O) groups is 1. The molecule has 0 N–H and O–H groups in total. The van der Waals surface area contributed by atoms with Crippen molar-refractivity contribution in [1.82, 2.24) is 0 Å². The van der Waals surface area contributed by atoms with Gasteiger partial charge in [0.25, 0.3) is 0 Å². The third-order valence-corrected chi connectivity index (χ3v) is 5.86. The Labute approximate surface area is 204 Å². The molecule has 0 saturated carbocycles. The summed E-state index contributed by atoms with van der Waals surface area (Å²) < 4.78 is 126. The molecule has 1 rings (SSSR count). The Morgan fingerprint density at radius 2 is 1.34 bits per heavy atom. The summed E-state index contributed by atoms with van der Waals surface area (Å²) in [5.74, 6) is -19.0. The number of hydrogen-bond donors (Lipinski definition) is 0. The van der Waals surface area contributed by atoms with Crippen molar-refractivity contribution >= 4 is 51.2 Å². The molecular weight excluding hydrogens is 689 g/mol. The molecule has 0 heterocycles. The van der Waals surface area contributed by atoms with E-state index in [1.165, 1.54) is 19.2 Å². The van der Waals surface area contributed by atoms with Gasteiger partial charge in [0.15, 0.2) is 0 Å². The highest BCUT2D eigenvalue weighted by molar-refractivity contribution is 14.1. The normalized spacial score (nSPS) is 13.2. The van der Waals surface area contributed by atoms with E-state index in [1.54, 1.807) is 0 Å². The Morgan fingerprint density at radius 1 is 0.844 bits per heavy atom. The lowest BCUT2D eigenvalue weighted by atomic mass is 9.98. The first-order valence-electron chi connectivity index (χ1n) is 8.90. The van der Waals surface area contributed by atoms with E-state index in [4.69, 9.17) is 4.74 Å². The van der Waals surface area contributed by atoms with Gasteiger partial charge in [0.05, 0.1) is 26.4 Å². The number of unbranched alkanes of at least 4 members (excludes halogenated alkanes) is 3. The van der Waals surface area contributed by atoms with Crippen LogP contribution in [0.5, 0.6) is 5.75 Å². The Hall–Kier alpha value is -0.680. The van der Waals surface area contributed by atoms with Crippen LogP contribution >= 0.6 is 45.2 Å². The maximum absolute atomic E-state index is 13.4. The number of methoxy groups -OCH3 is 1. The summed E-state index contributed by atoms with van der Waals surface area (Å²) >= 11 is 3.86. The van der Waals surface area contributed by atoms with Crippen molar-refractivity contribution in [3.05, 3.63) is 24.8 Å². The van der Waals surface area contributed by atoms with Crippen LogP contribution in [-0.4, -0.2) is 43.6 Å². The van der Waals surface area contributed by atoms with E-state index in [0.29, 0.717) is 18.5 Å². The lowest BCUT2D eigenvalue weighted by molar-refractivity contribution is -0.396. The van der Waals surface area contributed by atoms with Gasteiger partial charge in [0.1, 0.15) is 5.75 Å². The lowest BCUT2D eigenvalue weighted by Crippen LogP contribution is -2.60. The van der Waals surface area contributed by atoms with Crippen molar-refractivity contribution in [2.24, 2.45) is 0 Å². The van der Waals surface area contributed by atoms with Crippen molar-refractivity contribution in [2.75, 3.05) is 13.7 Å². The van der Waals surface area contributed by atoms with Gasteiger partial charge in [-0.2, -0.15) is 39.5 Å². The van der Waals surface area contributed by atoms with Crippen LogP contribution in [-0.2, 0) is 4.74 Å². The Morgan fingerprint density at radius 3 is 1.81 bits per heavy atom. The maximum atomic E-state index is 13.4. The first-order chi connectivity index (χ1) is 14.5. The number of hydrogen-bond acceptors (Lipinski definition) is 3. The molecule has 0 aromatic heterocycles. The molecule has 0 amide bonds. The van der Waals surface area contributed by atoms with Crippen molar-refractivity contribution in [3.63, 3.8) is 0 Å². The highest BCUT2D eigenvalue weighted by atomic mass is 127. The van der Waals surface area contributed by atoms with Crippen molar-refractivity contribution in [2.45, 2.75) is 56.0 Å². The van der Waals surface area contributed by atoms with E-state index in [1.807, 2.05) is 45.2 Å². The molecule has 0 aliphatic carbocycles. The molecule has 0 bridgehead atoms. The quantitative estimate of drug-likeness (QED) is 0.104. The lowest BCUT2D eigenvalue weighted by Gasteiger charge is -2.33. The molecule has 3 nitrogen and oxygen atoms in total. The number of esters is 1. The van der Waals surface area contributed by atoms with Crippen LogP contribution in [0.15, 0.2) is 12.1 Å². The highest BCUT2D eigenvalue weighted by Crippen LogP contribution is 2.54. The zero-order valence-electron chi connectivity index (χ0n) is 16.3. The Bertz CT molecular complexity index is 775. The van der Waals surface area contributed by atoms with E-state index in [9.17, 15) is 44.3 Å². The fourth-order valence-corrected chi connectivity index (χ4v) is 4.55. The van der Waals surface area contributed by atoms with Crippen LogP contribution in [0.4, 0.5) is 39.5 Å². The van der Waals surface area contributed by atoms with Crippen LogP contribution in [0.3, 0.4) is 0 Å². The van der Waals surface area contributed by atoms with E-state index in [0.717, 1.165) is 0 Å². The number of alkyl halides is 9. The zero-order valence-corrected chi connectivity index (χ0v) is 20.6. The first kappa shape index (κ1) is 29.4. The minimum Gasteiger partial charge on any atom is -0.491 e. The van der Waals surface area contributed by atoms with Crippen molar-refractivity contribution < 1.29 is 53.8 Å². The third kappa shape index (κ3) is 6.68. The average Bonchev–Trinajstić information content (AvgIpc) is 2.66. The molecule has 1 aromatic carbocycles. The van der Waals surface area contributed by atoms with E-state index >= 15 is 0 Å². The van der Waals surface area contributed by atoms with Gasteiger partial charge in [-0.1, -0.05) is 12.8 Å². The number of ether oxygens (including phenoxy) is 2. The molecular formula is C18H17F9I2O3. The Balaban J connectivity index is 2.52. The molecule has 1 aromatic rings. The topological polar surface area (TPSA) is 35.5 Å². The van der Waals surface area contributed by atoms with Crippen molar-refractivity contribution in [1.29, 1.82) is 0 Å². The summed E-state index contributed by atoms with van der Waals surface area (Å²) in [5, 5.41) is 0. The molecule has 0 aliphatic rings. The van der Waals surface area contributed by atoms with E-state index < -0.39 is 42.8 Å². The molecule has 0 spiro atoms. The maximum Gasteiger partial charge on any atom is 0.460 e. The molecule has 0 radical (unpaired) electrons. The summed E-state index contributed by atoms with van der Waals surface area (Å²) in [6, 6.07) is 3.06. The Kier molecular flexibility index (Phi) is 10.2. The zero-order chi connectivity index (χ0) is 25.0. The SMILES string of the molecule is COC(=O)c1cc(I)c(OCCCCCCC(F)(F)C(F)(F)C(F)(F)C(F)(F)F)c(I)c1. The standard InChI is InChI=1S/C18H17F9I2O3/c1-31-14(30)10-8-11(28)13(12(29)9-10)32-7-5-3-2-4-6-15(19,20)16(21,22)17(23,24)18(25,26)27/h8-9H,2-7H2,1H3. The number of rotatable bonds is 11. The van der Waals surface area contributed by atoms with E-state index in [-0.39, 0.29) is 25.9 Å². The number of carbonyl (C=O) groups excluding carboxylic acids is 1. The fraction of sp³-hybridized carbons (Fsp3) is 0.611. The van der Waals surface area contributed by atoms with Crippen LogP contribution in [0.2, 0.25) is 0 Å². The minimum absolute atomic E-state index is 0.0995. The van der Waals surface area contributed by atoms with E-state index in [2.05, 4.69) is 4.74 Å². The van der Waals surface area contributed by atoms with Gasteiger partial charge in [0.2, 0.25) is 0 Å². The second-order valence-corrected chi connectivity index (χ2v) is 8.95. The summed E-state index contributed by atoms with van der Waals surface area (Å²) in [6.07, 6.45) is -8.95.